The van der Waals surface area contributed by atoms with Crippen molar-refractivity contribution in [2.24, 2.45) is 0 Å². The summed E-state index contributed by atoms with van der Waals surface area (Å²) < 4.78 is 5.25. The summed E-state index contributed by atoms with van der Waals surface area (Å²) in [6, 6.07) is 4.22. The van der Waals surface area contributed by atoms with Gasteiger partial charge in [0.2, 0.25) is 0 Å². The number of ether oxygens (including phenoxy) is 1. The maximum Gasteiger partial charge on any atom is 0.354 e. The number of piperidine rings is 1. The van der Waals surface area contributed by atoms with E-state index in [0.29, 0.717) is 12.0 Å². The number of hydrogen-bond acceptors (Lipinski definition) is 4. The predicted molar refractivity (Wildman–Crippen MR) is 69.4 cm³/mol. The fourth-order valence-corrected chi connectivity index (χ4v) is 2.86. The lowest BCUT2D eigenvalue weighted by molar-refractivity contribution is -0.0722. The molecule has 5 nitrogen and oxygen atoms in total. The predicted octanol–water partition coefficient (Wildman–Crippen LogP) is 1.36. The van der Waals surface area contributed by atoms with Crippen LogP contribution in [-0.4, -0.2) is 53.3 Å². The first kappa shape index (κ1) is 12.6. The van der Waals surface area contributed by atoms with E-state index in [2.05, 4.69) is 9.88 Å². The summed E-state index contributed by atoms with van der Waals surface area (Å²) in [6.45, 7) is 3.80. The Morgan fingerprint density at radius 2 is 2.32 bits per heavy atom. The Balaban J connectivity index is 1.73. The third kappa shape index (κ3) is 2.62. The van der Waals surface area contributed by atoms with Crippen LogP contribution in [0.5, 0.6) is 0 Å². The molecule has 3 heterocycles. The summed E-state index contributed by atoms with van der Waals surface area (Å²) in [7, 11) is 0. The van der Waals surface area contributed by atoms with Crippen molar-refractivity contribution in [2.75, 3.05) is 26.3 Å². The number of rotatable bonds is 3. The van der Waals surface area contributed by atoms with Gasteiger partial charge in [0.05, 0.1) is 19.3 Å². The molecule has 1 aromatic rings. The van der Waals surface area contributed by atoms with Crippen LogP contribution in [0.15, 0.2) is 18.3 Å². The Morgan fingerprint density at radius 1 is 1.47 bits per heavy atom. The van der Waals surface area contributed by atoms with E-state index >= 15 is 0 Å². The molecular weight excluding hydrogens is 244 g/mol. The number of aromatic carboxylic acids is 1. The summed E-state index contributed by atoms with van der Waals surface area (Å²) in [5.41, 5.74) is 1.24. The molecule has 1 N–H and O–H groups in total. The number of carbonyl (C=O) groups is 1. The van der Waals surface area contributed by atoms with Crippen LogP contribution in [-0.2, 0) is 4.74 Å². The van der Waals surface area contributed by atoms with Gasteiger partial charge < -0.3 is 9.84 Å². The smallest absolute Gasteiger partial charge is 0.354 e. The summed E-state index contributed by atoms with van der Waals surface area (Å²) in [4.78, 5) is 17.3. The highest BCUT2D eigenvalue weighted by atomic mass is 16.5. The van der Waals surface area contributed by atoms with Gasteiger partial charge in [-0.05, 0) is 43.0 Å². The monoisotopic (exact) mass is 262 g/mol. The minimum absolute atomic E-state index is 0.140. The molecule has 102 valence electrons. The lowest BCUT2D eigenvalue weighted by Crippen LogP contribution is -2.52. The molecule has 2 aliphatic heterocycles. The minimum atomic E-state index is -0.957. The molecular formula is C14H18N2O3. The van der Waals surface area contributed by atoms with E-state index in [9.17, 15) is 4.79 Å². The number of carboxylic acids is 1. The van der Waals surface area contributed by atoms with Crippen LogP contribution in [0, 0.1) is 0 Å². The van der Waals surface area contributed by atoms with Gasteiger partial charge >= 0.3 is 5.97 Å². The molecule has 0 aromatic carbocycles. The maximum atomic E-state index is 11.0. The minimum Gasteiger partial charge on any atom is -0.477 e. The second-order valence-corrected chi connectivity index (χ2v) is 5.30. The van der Waals surface area contributed by atoms with Crippen molar-refractivity contribution in [1.29, 1.82) is 0 Å². The lowest BCUT2D eigenvalue weighted by atomic mass is 9.90. The summed E-state index contributed by atoms with van der Waals surface area (Å²) in [6.07, 6.45) is 3.88. The molecule has 19 heavy (non-hydrogen) atoms. The molecule has 0 spiro atoms. The molecule has 2 fully saturated rings. The normalized spacial score (nSPS) is 24.9. The Kier molecular flexibility index (Phi) is 3.48. The third-order valence-electron chi connectivity index (χ3n) is 4.06. The van der Waals surface area contributed by atoms with Crippen LogP contribution < -0.4 is 0 Å². The first-order valence-corrected chi connectivity index (χ1v) is 6.75. The van der Waals surface area contributed by atoms with E-state index in [0.717, 1.165) is 44.7 Å². The van der Waals surface area contributed by atoms with E-state index in [1.165, 1.54) is 0 Å². The van der Waals surface area contributed by atoms with Crippen molar-refractivity contribution in [1.82, 2.24) is 9.88 Å². The van der Waals surface area contributed by atoms with Gasteiger partial charge in [-0.15, -0.1) is 0 Å². The zero-order chi connectivity index (χ0) is 13.2. The van der Waals surface area contributed by atoms with E-state index in [4.69, 9.17) is 9.84 Å². The zero-order valence-electron chi connectivity index (χ0n) is 10.8. The lowest BCUT2D eigenvalue weighted by Gasteiger charge is -2.42. The van der Waals surface area contributed by atoms with E-state index in [1.54, 1.807) is 12.3 Å². The van der Waals surface area contributed by atoms with Gasteiger partial charge in [-0.1, -0.05) is 0 Å². The Labute approximate surface area is 112 Å². The number of carboxylic acid groups (broad SMARTS) is 1. The molecule has 3 rings (SSSR count). The summed E-state index contributed by atoms with van der Waals surface area (Å²) in [5.74, 6) is -0.544. The topological polar surface area (TPSA) is 62.7 Å². The maximum absolute atomic E-state index is 11.0. The molecule has 1 aromatic heterocycles. The van der Waals surface area contributed by atoms with E-state index in [-0.39, 0.29) is 5.69 Å². The van der Waals surface area contributed by atoms with Crippen molar-refractivity contribution in [3.63, 3.8) is 0 Å². The van der Waals surface area contributed by atoms with Crippen LogP contribution in [0.25, 0.3) is 0 Å². The van der Waals surface area contributed by atoms with Gasteiger partial charge in [0.15, 0.2) is 0 Å². The Bertz CT molecular complexity index is 474. The largest absolute Gasteiger partial charge is 0.477 e. The molecule has 0 saturated carbocycles. The quantitative estimate of drug-likeness (QED) is 0.891. The number of pyridine rings is 1. The van der Waals surface area contributed by atoms with Crippen LogP contribution >= 0.6 is 0 Å². The fourth-order valence-electron chi connectivity index (χ4n) is 2.86. The SMILES string of the molecule is O=C(O)c1cc(C2CCCN(C3COC3)C2)ccn1. The van der Waals surface area contributed by atoms with Crippen LogP contribution in [0.2, 0.25) is 0 Å². The van der Waals surface area contributed by atoms with Crippen LogP contribution in [0.1, 0.15) is 34.8 Å². The molecule has 0 aliphatic carbocycles. The van der Waals surface area contributed by atoms with Crippen LogP contribution in [0.4, 0.5) is 0 Å². The summed E-state index contributed by atoms with van der Waals surface area (Å²) >= 11 is 0. The van der Waals surface area contributed by atoms with Crippen molar-refractivity contribution in [3.05, 3.63) is 29.6 Å². The third-order valence-corrected chi connectivity index (χ3v) is 4.06. The van der Waals surface area contributed by atoms with Crippen molar-refractivity contribution in [2.45, 2.75) is 24.8 Å². The average Bonchev–Trinajstić information content (AvgIpc) is 2.37. The molecule has 0 amide bonds. The van der Waals surface area contributed by atoms with E-state index in [1.807, 2.05) is 6.07 Å². The van der Waals surface area contributed by atoms with Gasteiger partial charge in [0.1, 0.15) is 5.69 Å². The molecule has 5 heteroatoms. The molecule has 0 radical (unpaired) electrons. The highest BCUT2D eigenvalue weighted by molar-refractivity contribution is 5.85. The van der Waals surface area contributed by atoms with Gasteiger partial charge in [-0.2, -0.15) is 0 Å². The van der Waals surface area contributed by atoms with Gasteiger partial charge in [-0.3, -0.25) is 4.90 Å². The Morgan fingerprint density at radius 3 is 3.00 bits per heavy atom. The second kappa shape index (κ2) is 5.27. The first-order valence-electron chi connectivity index (χ1n) is 6.75. The molecule has 2 saturated heterocycles. The first-order chi connectivity index (χ1) is 9.24. The fraction of sp³-hybridized carbons (Fsp3) is 0.571. The van der Waals surface area contributed by atoms with Crippen molar-refractivity contribution >= 4 is 5.97 Å². The van der Waals surface area contributed by atoms with Gasteiger partial charge in [-0.25, -0.2) is 9.78 Å². The molecule has 2 aliphatic rings. The summed E-state index contributed by atoms with van der Waals surface area (Å²) in [5, 5.41) is 9.01. The van der Waals surface area contributed by atoms with E-state index < -0.39 is 5.97 Å². The highest BCUT2D eigenvalue weighted by Crippen LogP contribution is 2.29. The molecule has 0 bridgehead atoms. The van der Waals surface area contributed by atoms with Gasteiger partial charge in [0.25, 0.3) is 0 Å². The number of aromatic nitrogens is 1. The molecule has 1 unspecified atom stereocenters. The molecule has 1 atom stereocenters. The number of nitrogens with zero attached hydrogens (tertiary/aromatic N) is 2. The van der Waals surface area contributed by atoms with Gasteiger partial charge in [0, 0.05) is 12.7 Å². The van der Waals surface area contributed by atoms with Crippen LogP contribution in [0.3, 0.4) is 0 Å². The second-order valence-electron chi connectivity index (χ2n) is 5.30. The highest BCUT2D eigenvalue weighted by Gasteiger charge is 2.31. The van der Waals surface area contributed by atoms with Crippen molar-refractivity contribution in [3.8, 4) is 0 Å². The standard InChI is InChI=1S/C14H18N2O3/c17-14(18)13-6-10(3-4-15-13)11-2-1-5-16(7-11)12-8-19-9-12/h3-4,6,11-12H,1-2,5,7-9H2,(H,17,18). The number of likely N-dealkylation sites (tertiary alicyclic amines) is 1. The number of hydrogen-bond donors (Lipinski definition) is 1. The van der Waals surface area contributed by atoms with Crippen molar-refractivity contribution < 1.29 is 14.6 Å². The average molecular weight is 262 g/mol. The zero-order valence-corrected chi connectivity index (χ0v) is 10.8. The Hall–Kier alpha value is -1.46.